The van der Waals surface area contributed by atoms with Crippen molar-refractivity contribution >= 4 is 13.7 Å². The molecule has 52 heavy (non-hydrogen) atoms. The highest BCUT2D eigenvalue weighted by Gasteiger charge is 2.27. The number of nitrogens with zero attached hydrogens (tertiary/aromatic N) is 1. The Kier molecular flexibility index (Phi) is 32.5. The number of carbonyl (C=O) groups excluding carboxylic acids is 1. The lowest BCUT2D eigenvalue weighted by molar-refractivity contribution is -0.870. The Balaban J connectivity index is 4.64. The van der Waals surface area contributed by atoms with Crippen LogP contribution in [0.3, 0.4) is 0 Å². The molecule has 0 bridgehead atoms. The number of carbonyl (C=O) groups is 1. The number of hydrogen-bond donors (Lipinski definition) is 4. The Morgan fingerprint density at radius 3 is 1.83 bits per heavy atom. The van der Waals surface area contributed by atoms with Gasteiger partial charge in [0.05, 0.1) is 46.0 Å². The van der Waals surface area contributed by atoms with Crippen molar-refractivity contribution in [3.8, 4) is 0 Å². The van der Waals surface area contributed by atoms with E-state index < -0.39 is 20.0 Å². The molecule has 0 aromatic carbocycles. The average Bonchev–Trinajstić information content (AvgIpc) is 3.08. The molecule has 0 aliphatic rings. The molecule has 10 heteroatoms. The smallest absolute Gasteiger partial charge is 0.389 e. The molecule has 302 valence electrons. The summed E-state index contributed by atoms with van der Waals surface area (Å²) in [6, 6.07) is -0.887. The number of nitrogens with one attached hydrogen (secondary N) is 1. The summed E-state index contributed by atoms with van der Waals surface area (Å²) in [6.07, 6.45) is 39.1. The maximum absolute atomic E-state index is 12.8. The lowest BCUT2D eigenvalue weighted by Crippen LogP contribution is -2.45. The second kappa shape index (κ2) is 33.7. The van der Waals surface area contributed by atoms with Crippen molar-refractivity contribution in [2.24, 2.45) is 0 Å². The van der Waals surface area contributed by atoms with Crippen molar-refractivity contribution < 1.29 is 38.0 Å². The van der Waals surface area contributed by atoms with E-state index in [1.807, 2.05) is 39.4 Å². The summed E-state index contributed by atoms with van der Waals surface area (Å²) in [5.41, 5.74) is 0. The Labute approximate surface area is 318 Å². The van der Waals surface area contributed by atoms with Crippen molar-refractivity contribution in [1.82, 2.24) is 5.32 Å². The fourth-order valence-electron chi connectivity index (χ4n) is 5.23. The van der Waals surface area contributed by atoms with E-state index in [1.165, 1.54) is 51.4 Å². The van der Waals surface area contributed by atoms with Crippen LogP contribution in [0.2, 0.25) is 0 Å². The standard InChI is InChI=1S/C42H77N2O7P/c1-6-8-10-11-12-13-14-18-21-24-27-30-34-41(46)40(38-51-52(48,49)50-37-36-44(3,4)5)43-42(47)35-31-28-25-22-19-16-15-17-20-23-26-29-33-39(45)32-9-7-2/h15-16,20,22-23,25,29-30,33-34,39-41,45-46H,6-14,17-19,21,24,26-28,31-32,35-38H2,1-5H3,(H-,43,47,48,49)/p+1/b16-15-,23-20-,25-22-,33-29-,34-30+/t39-,40+,41-/m1/s1. The molecule has 0 rings (SSSR count). The van der Waals surface area contributed by atoms with Gasteiger partial charge in [-0.05, 0) is 51.4 Å². The number of phosphoric acid groups is 1. The van der Waals surface area contributed by atoms with Gasteiger partial charge < -0.3 is 24.9 Å². The minimum atomic E-state index is -4.36. The van der Waals surface area contributed by atoms with Crippen LogP contribution in [-0.2, 0) is 18.4 Å². The maximum Gasteiger partial charge on any atom is 0.472 e. The fraction of sp³-hybridized carbons (Fsp3) is 0.738. The molecule has 0 aromatic rings. The number of rotatable bonds is 35. The first-order chi connectivity index (χ1) is 24.9. The zero-order chi connectivity index (χ0) is 38.8. The summed E-state index contributed by atoms with van der Waals surface area (Å²) in [4.78, 5) is 23.0. The molecule has 0 aromatic heterocycles. The van der Waals surface area contributed by atoms with E-state index in [-0.39, 0.29) is 31.6 Å². The number of unbranched alkanes of at least 4 members (excludes halogenated alkanes) is 12. The van der Waals surface area contributed by atoms with Gasteiger partial charge >= 0.3 is 7.82 Å². The number of likely N-dealkylation sites (N-methyl/N-ethyl adjacent to an activating group) is 1. The third-order valence-corrected chi connectivity index (χ3v) is 9.54. The Morgan fingerprint density at radius 2 is 1.23 bits per heavy atom. The fourth-order valence-corrected chi connectivity index (χ4v) is 5.96. The minimum absolute atomic E-state index is 0.0412. The molecule has 0 aliphatic heterocycles. The van der Waals surface area contributed by atoms with Crippen LogP contribution in [0.1, 0.15) is 142 Å². The average molecular weight is 754 g/mol. The first-order valence-electron chi connectivity index (χ1n) is 20.3. The van der Waals surface area contributed by atoms with Crippen LogP contribution in [0, 0.1) is 0 Å². The van der Waals surface area contributed by atoms with E-state index in [0.717, 1.165) is 64.2 Å². The minimum Gasteiger partial charge on any atom is -0.389 e. The number of quaternary nitrogens is 1. The second-order valence-corrected chi connectivity index (χ2v) is 16.3. The van der Waals surface area contributed by atoms with Crippen LogP contribution >= 0.6 is 7.82 Å². The van der Waals surface area contributed by atoms with Gasteiger partial charge in [0, 0.05) is 6.42 Å². The molecular weight excluding hydrogens is 675 g/mol. The van der Waals surface area contributed by atoms with Gasteiger partial charge in [0.1, 0.15) is 13.2 Å². The Bertz CT molecular complexity index is 1050. The molecular formula is C42H78N2O7P+. The summed E-state index contributed by atoms with van der Waals surface area (Å²) in [5, 5.41) is 23.5. The molecule has 0 aliphatic carbocycles. The molecule has 0 heterocycles. The number of aliphatic hydroxyl groups is 2. The van der Waals surface area contributed by atoms with E-state index in [4.69, 9.17) is 9.05 Å². The Hall–Kier alpha value is -1.84. The van der Waals surface area contributed by atoms with Crippen LogP contribution in [-0.4, -0.2) is 84.6 Å². The second-order valence-electron chi connectivity index (χ2n) is 14.8. The van der Waals surface area contributed by atoms with Gasteiger partial charge in [-0.2, -0.15) is 0 Å². The quantitative estimate of drug-likeness (QED) is 0.0220. The van der Waals surface area contributed by atoms with Crippen molar-refractivity contribution in [3.05, 3.63) is 60.8 Å². The van der Waals surface area contributed by atoms with Gasteiger partial charge in [0.15, 0.2) is 0 Å². The van der Waals surface area contributed by atoms with Crippen LogP contribution in [0.5, 0.6) is 0 Å². The third kappa shape index (κ3) is 35.2. The SMILES string of the molecule is CCCCCCCCCCCC/C=C/[C@@H](O)[C@H](COP(=O)(O)OCC[N+](C)(C)C)NC(=O)CCC/C=C\C/C=C\C/C=C\C/C=C\[C@H](O)CCCC. The predicted molar refractivity (Wildman–Crippen MR) is 218 cm³/mol. The number of aliphatic hydroxyl groups excluding tert-OH is 2. The Morgan fingerprint density at radius 1 is 0.692 bits per heavy atom. The zero-order valence-electron chi connectivity index (χ0n) is 33.6. The molecule has 0 radical (unpaired) electrons. The van der Waals surface area contributed by atoms with Crippen LogP contribution in [0.4, 0.5) is 0 Å². The van der Waals surface area contributed by atoms with E-state index in [2.05, 4.69) is 55.6 Å². The molecule has 0 saturated heterocycles. The third-order valence-electron chi connectivity index (χ3n) is 8.55. The maximum atomic E-state index is 12.8. The molecule has 9 nitrogen and oxygen atoms in total. The van der Waals surface area contributed by atoms with Crippen molar-refractivity contribution in [1.29, 1.82) is 0 Å². The number of hydrogen-bond acceptors (Lipinski definition) is 6. The molecule has 0 spiro atoms. The zero-order valence-corrected chi connectivity index (χ0v) is 34.5. The highest BCUT2D eigenvalue weighted by Crippen LogP contribution is 2.43. The summed E-state index contributed by atoms with van der Waals surface area (Å²) in [7, 11) is 1.50. The summed E-state index contributed by atoms with van der Waals surface area (Å²) in [6.45, 7) is 4.57. The lowest BCUT2D eigenvalue weighted by Gasteiger charge is -2.25. The van der Waals surface area contributed by atoms with Gasteiger partial charge in [0.2, 0.25) is 5.91 Å². The van der Waals surface area contributed by atoms with Gasteiger partial charge in [-0.3, -0.25) is 13.8 Å². The number of amides is 1. The molecule has 1 unspecified atom stereocenters. The number of allylic oxidation sites excluding steroid dienone is 8. The lowest BCUT2D eigenvalue weighted by atomic mass is 10.1. The molecule has 4 N–H and O–H groups in total. The summed E-state index contributed by atoms with van der Waals surface area (Å²) >= 11 is 0. The molecule has 0 saturated carbocycles. The number of phosphoric ester groups is 1. The highest BCUT2D eigenvalue weighted by molar-refractivity contribution is 7.47. The van der Waals surface area contributed by atoms with Crippen LogP contribution in [0.25, 0.3) is 0 Å². The predicted octanol–water partition coefficient (Wildman–Crippen LogP) is 9.66. The van der Waals surface area contributed by atoms with E-state index in [9.17, 15) is 24.5 Å². The normalized spacial score (nSPS) is 15.8. The largest absolute Gasteiger partial charge is 0.472 e. The monoisotopic (exact) mass is 754 g/mol. The topological polar surface area (TPSA) is 125 Å². The van der Waals surface area contributed by atoms with Gasteiger partial charge in [-0.15, -0.1) is 0 Å². The van der Waals surface area contributed by atoms with Crippen molar-refractivity contribution in [3.63, 3.8) is 0 Å². The van der Waals surface area contributed by atoms with E-state index >= 15 is 0 Å². The first kappa shape index (κ1) is 50.2. The van der Waals surface area contributed by atoms with E-state index in [1.54, 1.807) is 6.08 Å². The molecule has 4 atom stereocenters. The summed E-state index contributed by atoms with van der Waals surface area (Å²) < 4.78 is 23.4. The van der Waals surface area contributed by atoms with Gasteiger partial charge in [-0.1, -0.05) is 145 Å². The van der Waals surface area contributed by atoms with Crippen LogP contribution in [0.15, 0.2) is 60.8 Å². The van der Waals surface area contributed by atoms with Gasteiger partial charge in [0.25, 0.3) is 0 Å². The highest BCUT2D eigenvalue weighted by atomic mass is 31.2. The summed E-state index contributed by atoms with van der Waals surface area (Å²) in [5.74, 6) is -0.250. The molecule has 0 fully saturated rings. The van der Waals surface area contributed by atoms with E-state index in [0.29, 0.717) is 17.4 Å². The van der Waals surface area contributed by atoms with Crippen molar-refractivity contribution in [2.45, 2.75) is 161 Å². The first-order valence-corrected chi connectivity index (χ1v) is 21.8. The van der Waals surface area contributed by atoms with Crippen molar-refractivity contribution in [2.75, 3.05) is 40.9 Å². The molecule has 1 amide bonds. The van der Waals surface area contributed by atoms with Crippen LogP contribution < -0.4 is 5.32 Å². The van der Waals surface area contributed by atoms with Gasteiger partial charge in [-0.25, -0.2) is 4.57 Å².